The van der Waals surface area contributed by atoms with Gasteiger partial charge in [0.05, 0.1) is 23.4 Å². The van der Waals surface area contributed by atoms with Gasteiger partial charge in [-0.2, -0.15) is 0 Å². The smallest absolute Gasteiger partial charge is 0.323 e. The fourth-order valence-corrected chi connectivity index (χ4v) is 5.45. The van der Waals surface area contributed by atoms with Crippen LogP contribution in [0, 0.1) is 0 Å². The monoisotopic (exact) mass is 492 g/mol. The zero-order chi connectivity index (χ0) is 24.4. The van der Waals surface area contributed by atoms with Gasteiger partial charge in [0.15, 0.2) is 11.0 Å². The molecule has 4 aromatic rings. The molecule has 2 aromatic heterocycles. The van der Waals surface area contributed by atoms with Crippen molar-refractivity contribution >= 4 is 34.4 Å². The number of nitrogens with zero attached hydrogens (tertiary/aromatic N) is 3. The molecule has 1 aliphatic rings. The molecule has 0 saturated heterocycles. The Morgan fingerprint density at radius 1 is 1.09 bits per heavy atom. The molecule has 10 heteroatoms. The van der Waals surface area contributed by atoms with Crippen molar-refractivity contribution in [1.82, 2.24) is 24.7 Å². The van der Waals surface area contributed by atoms with Crippen molar-refractivity contribution in [3.8, 4) is 17.1 Å². The summed E-state index contributed by atoms with van der Waals surface area (Å²) in [6, 6.07) is 13.4. The second-order valence-corrected chi connectivity index (χ2v) is 10.1. The zero-order valence-electron chi connectivity index (χ0n) is 19.7. The SMILES string of the molecule is COc1ccc(-c2nnc(SC(C)C(=O)Nc3ccc4[nH]c(=O)[nH]c4c3)n2C2CCCCC2)cc1. The number of methoxy groups -OCH3 is 1. The molecule has 2 aromatic carbocycles. The number of imidazole rings is 1. The summed E-state index contributed by atoms with van der Waals surface area (Å²) in [5, 5.41) is 12.3. The van der Waals surface area contributed by atoms with Gasteiger partial charge in [-0.25, -0.2) is 4.79 Å². The Morgan fingerprint density at radius 2 is 1.83 bits per heavy atom. The first kappa shape index (κ1) is 23.2. The van der Waals surface area contributed by atoms with Gasteiger partial charge in [0.1, 0.15) is 5.75 Å². The van der Waals surface area contributed by atoms with Crippen LogP contribution in [0.15, 0.2) is 52.4 Å². The minimum Gasteiger partial charge on any atom is -0.497 e. The number of aromatic amines is 2. The second-order valence-electron chi connectivity index (χ2n) is 8.79. The molecule has 0 radical (unpaired) electrons. The third-order valence-electron chi connectivity index (χ3n) is 6.39. The van der Waals surface area contributed by atoms with E-state index < -0.39 is 5.25 Å². The van der Waals surface area contributed by atoms with Crippen molar-refractivity contribution in [3.05, 3.63) is 52.9 Å². The minimum absolute atomic E-state index is 0.142. The number of thioether (sulfide) groups is 1. The van der Waals surface area contributed by atoms with Gasteiger partial charge in [-0.3, -0.25) is 9.36 Å². The van der Waals surface area contributed by atoms with E-state index in [0.717, 1.165) is 35.1 Å². The van der Waals surface area contributed by atoms with Crippen LogP contribution in [0.1, 0.15) is 45.1 Å². The van der Waals surface area contributed by atoms with Crippen LogP contribution in [0.3, 0.4) is 0 Å². The number of benzene rings is 2. The lowest BCUT2D eigenvalue weighted by Gasteiger charge is -2.26. The van der Waals surface area contributed by atoms with E-state index in [2.05, 4.69) is 30.0 Å². The lowest BCUT2D eigenvalue weighted by Crippen LogP contribution is -2.23. The summed E-state index contributed by atoms with van der Waals surface area (Å²) in [7, 11) is 1.65. The predicted molar refractivity (Wildman–Crippen MR) is 137 cm³/mol. The standard InChI is InChI=1S/C25H28N6O3S/c1-15(23(32)26-17-10-13-20-21(14-17)28-24(33)27-20)35-25-30-29-22(16-8-11-19(34-2)12-9-16)31(25)18-6-4-3-5-7-18/h8-15,18H,3-7H2,1-2H3,(H,26,32)(H2,27,28,33). The fraction of sp³-hybridized carbons (Fsp3) is 0.360. The average molecular weight is 493 g/mol. The number of anilines is 1. The van der Waals surface area contributed by atoms with E-state index in [0.29, 0.717) is 22.8 Å². The maximum atomic E-state index is 13.0. The van der Waals surface area contributed by atoms with Crippen LogP contribution in [-0.2, 0) is 4.79 Å². The van der Waals surface area contributed by atoms with Crippen LogP contribution in [0.2, 0.25) is 0 Å². The van der Waals surface area contributed by atoms with Gasteiger partial charge in [0.2, 0.25) is 5.91 Å². The highest BCUT2D eigenvalue weighted by Gasteiger charge is 2.26. The van der Waals surface area contributed by atoms with Crippen molar-refractivity contribution in [3.63, 3.8) is 0 Å². The van der Waals surface area contributed by atoms with E-state index in [4.69, 9.17) is 4.74 Å². The lowest BCUT2D eigenvalue weighted by molar-refractivity contribution is -0.115. The van der Waals surface area contributed by atoms with Crippen LogP contribution in [-0.4, -0.2) is 43.0 Å². The lowest BCUT2D eigenvalue weighted by atomic mass is 9.95. The molecule has 1 saturated carbocycles. The van der Waals surface area contributed by atoms with E-state index in [1.165, 1.54) is 31.0 Å². The van der Waals surface area contributed by atoms with E-state index >= 15 is 0 Å². The number of ether oxygens (including phenoxy) is 1. The molecule has 1 atom stereocenters. The van der Waals surface area contributed by atoms with E-state index in [1.54, 1.807) is 25.3 Å². The highest BCUT2D eigenvalue weighted by molar-refractivity contribution is 8.00. The third kappa shape index (κ3) is 4.97. The van der Waals surface area contributed by atoms with Gasteiger partial charge in [-0.15, -0.1) is 10.2 Å². The number of nitrogens with one attached hydrogen (secondary N) is 3. The molecule has 5 rings (SSSR count). The van der Waals surface area contributed by atoms with Gasteiger partial charge >= 0.3 is 5.69 Å². The number of hydrogen-bond acceptors (Lipinski definition) is 6. The maximum absolute atomic E-state index is 13.0. The molecular formula is C25H28N6O3S. The van der Waals surface area contributed by atoms with Crippen molar-refractivity contribution in [2.24, 2.45) is 0 Å². The summed E-state index contributed by atoms with van der Waals surface area (Å²) in [6.45, 7) is 1.86. The van der Waals surface area contributed by atoms with Crippen LogP contribution in [0.25, 0.3) is 22.4 Å². The summed E-state index contributed by atoms with van der Waals surface area (Å²) < 4.78 is 7.51. The second kappa shape index (κ2) is 9.99. The number of carbonyl (C=O) groups excluding carboxylic acids is 1. The first-order valence-corrected chi connectivity index (χ1v) is 12.7. The molecule has 3 N–H and O–H groups in total. The number of H-pyrrole nitrogens is 2. The number of carbonyl (C=O) groups is 1. The molecule has 2 heterocycles. The van der Waals surface area contributed by atoms with Gasteiger partial charge in [0.25, 0.3) is 0 Å². The van der Waals surface area contributed by atoms with Crippen LogP contribution in [0.4, 0.5) is 5.69 Å². The van der Waals surface area contributed by atoms with Crippen LogP contribution < -0.4 is 15.7 Å². The Bertz CT molecular complexity index is 1380. The summed E-state index contributed by atoms with van der Waals surface area (Å²) in [5.41, 5.74) is 2.66. The van der Waals surface area contributed by atoms with Crippen LogP contribution >= 0.6 is 11.8 Å². The molecule has 0 spiro atoms. The van der Waals surface area contributed by atoms with Crippen LogP contribution in [0.5, 0.6) is 5.75 Å². The summed E-state index contributed by atoms with van der Waals surface area (Å²) in [4.78, 5) is 29.9. The number of hydrogen-bond donors (Lipinski definition) is 3. The van der Waals surface area contributed by atoms with Gasteiger partial charge in [-0.05, 0) is 62.2 Å². The van der Waals surface area contributed by atoms with E-state index in [9.17, 15) is 9.59 Å². The van der Waals surface area contributed by atoms with Crippen molar-refractivity contribution < 1.29 is 9.53 Å². The number of rotatable bonds is 7. The Balaban J connectivity index is 1.38. The third-order valence-corrected chi connectivity index (χ3v) is 7.44. The van der Waals surface area contributed by atoms with Crippen molar-refractivity contribution in [2.45, 2.75) is 55.5 Å². The molecule has 1 unspecified atom stereocenters. The Kier molecular flexibility index (Phi) is 6.63. The number of amides is 1. The molecule has 35 heavy (non-hydrogen) atoms. The quantitative estimate of drug-likeness (QED) is 0.321. The van der Waals surface area contributed by atoms with E-state index in [-0.39, 0.29) is 11.6 Å². The molecule has 182 valence electrons. The highest BCUT2D eigenvalue weighted by atomic mass is 32.2. The average Bonchev–Trinajstić information content (AvgIpc) is 3.46. The van der Waals surface area contributed by atoms with Gasteiger partial charge in [-0.1, -0.05) is 31.0 Å². The minimum atomic E-state index is -0.397. The molecule has 1 aliphatic carbocycles. The molecule has 0 bridgehead atoms. The zero-order valence-corrected chi connectivity index (χ0v) is 20.5. The topological polar surface area (TPSA) is 118 Å². The summed E-state index contributed by atoms with van der Waals surface area (Å²) in [6.07, 6.45) is 5.74. The first-order chi connectivity index (χ1) is 17.0. The molecule has 0 aliphatic heterocycles. The van der Waals surface area contributed by atoms with Crippen molar-refractivity contribution in [2.75, 3.05) is 12.4 Å². The normalized spacial score (nSPS) is 15.3. The first-order valence-electron chi connectivity index (χ1n) is 11.8. The Labute approximate surface area is 206 Å². The molecule has 9 nitrogen and oxygen atoms in total. The summed E-state index contributed by atoms with van der Waals surface area (Å²) in [5.74, 6) is 1.47. The van der Waals surface area contributed by atoms with Gasteiger partial charge < -0.3 is 20.0 Å². The number of aromatic nitrogens is 5. The van der Waals surface area contributed by atoms with Crippen molar-refractivity contribution in [1.29, 1.82) is 0 Å². The Hall–Kier alpha value is -3.53. The fourth-order valence-electron chi connectivity index (χ4n) is 4.53. The molecular weight excluding hydrogens is 464 g/mol. The highest BCUT2D eigenvalue weighted by Crippen LogP contribution is 2.37. The molecule has 1 fully saturated rings. The maximum Gasteiger partial charge on any atom is 0.323 e. The molecule has 1 amide bonds. The van der Waals surface area contributed by atoms with Gasteiger partial charge in [0, 0.05) is 17.3 Å². The predicted octanol–water partition coefficient (Wildman–Crippen LogP) is 4.75. The van der Waals surface area contributed by atoms with E-state index in [1.807, 2.05) is 31.2 Å². The number of fused-ring (bicyclic) bond motifs is 1. The Morgan fingerprint density at radius 3 is 2.57 bits per heavy atom. The largest absolute Gasteiger partial charge is 0.497 e. The summed E-state index contributed by atoms with van der Waals surface area (Å²) >= 11 is 1.41.